The minimum Gasteiger partial charge on any atom is -0.466 e. The van der Waals surface area contributed by atoms with Gasteiger partial charge in [-0.3, -0.25) is 9.79 Å². The van der Waals surface area contributed by atoms with E-state index < -0.39 is 0 Å². The monoisotopic (exact) mass is 371 g/mol. The molecule has 0 spiro atoms. The van der Waals surface area contributed by atoms with Crippen LogP contribution in [0.4, 0.5) is 0 Å². The Labute approximate surface area is 155 Å². The van der Waals surface area contributed by atoms with Crippen LogP contribution in [-0.4, -0.2) is 62.4 Å². The number of carbonyl (C=O) groups is 1. The summed E-state index contributed by atoms with van der Waals surface area (Å²) in [6.45, 7) is 4.91. The van der Waals surface area contributed by atoms with Gasteiger partial charge in [-0.25, -0.2) is 0 Å². The van der Waals surface area contributed by atoms with E-state index in [9.17, 15) is 4.79 Å². The maximum absolute atomic E-state index is 11.8. The van der Waals surface area contributed by atoms with Crippen LogP contribution in [0.1, 0.15) is 45.4 Å². The highest BCUT2D eigenvalue weighted by Gasteiger charge is 2.32. The van der Waals surface area contributed by atoms with Crippen LogP contribution in [0, 0.1) is 5.92 Å². The van der Waals surface area contributed by atoms with Crippen LogP contribution in [0.5, 0.6) is 0 Å². The second-order valence-electron chi connectivity index (χ2n) is 6.87. The maximum atomic E-state index is 11.8. The van der Waals surface area contributed by atoms with Crippen molar-refractivity contribution in [2.24, 2.45) is 10.9 Å². The number of carbonyl (C=O) groups excluding carboxylic acids is 1. The second-order valence-corrected chi connectivity index (χ2v) is 8.14. The van der Waals surface area contributed by atoms with E-state index in [4.69, 9.17) is 9.47 Å². The molecule has 1 aliphatic carbocycles. The van der Waals surface area contributed by atoms with Gasteiger partial charge < -0.3 is 20.1 Å². The first-order valence-corrected chi connectivity index (χ1v) is 10.6. The third kappa shape index (κ3) is 6.06. The summed E-state index contributed by atoms with van der Waals surface area (Å²) in [4.78, 5) is 16.2. The summed E-state index contributed by atoms with van der Waals surface area (Å²) in [6.07, 6.45) is 8.06. The Balaban J connectivity index is 1.76. The average Bonchev–Trinajstić information content (AvgIpc) is 2.66. The van der Waals surface area contributed by atoms with Gasteiger partial charge in [-0.2, -0.15) is 11.8 Å². The number of hydrogen-bond donors (Lipinski definition) is 2. The number of guanidine groups is 1. The minimum absolute atomic E-state index is 0.0371. The molecule has 2 aliphatic rings. The third-order valence-electron chi connectivity index (χ3n) is 5.33. The summed E-state index contributed by atoms with van der Waals surface area (Å²) in [5, 5.41) is 7.03. The van der Waals surface area contributed by atoms with Crippen molar-refractivity contribution >= 4 is 23.7 Å². The van der Waals surface area contributed by atoms with Gasteiger partial charge in [-0.05, 0) is 51.7 Å². The lowest BCUT2D eigenvalue weighted by molar-refractivity contribution is -0.149. The first kappa shape index (κ1) is 20.4. The molecule has 0 amide bonds. The molecule has 0 unspecified atom stereocenters. The highest BCUT2D eigenvalue weighted by atomic mass is 32.2. The fraction of sp³-hybridized carbons (Fsp3) is 0.889. The Kier molecular flexibility index (Phi) is 8.36. The Bertz CT molecular complexity index is 445. The largest absolute Gasteiger partial charge is 0.466 e. The summed E-state index contributed by atoms with van der Waals surface area (Å²) >= 11 is 1.92. The molecule has 144 valence electrons. The van der Waals surface area contributed by atoms with Crippen LogP contribution in [0.2, 0.25) is 0 Å². The van der Waals surface area contributed by atoms with Crippen LogP contribution in [0.25, 0.3) is 0 Å². The van der Waals surface area contributed by atoms with Gasteiger partial charge >= 0.3 is 5.97 Å². The summed E-state index contributed by atoms with van der Waals surface area (Å²) < 4.78 is 10.9. The Morgan fingerprint density at radius 2 is 1.96 bits per heavy atom. The molecule has 7 heteroatoms. The molecule has 0 radical (unpaired) electrons. The maximum Gasteiger partial charge on any atom is 0.308 e. The molecule has 2 N–H and O–H groups in total. The normalized spacial score (nSPS) is 26.8. The quantitative estimate of drug-likeness (QED) is 0.424. The lowest BCUT2D eigenvalue weighted by Gasteiger charge is -2.36. The van der Waals surface area contributed by atoms with Gasteiger partial charge in [0.25, 0.3) is 0 Å². The highest BCUT2D eigenvalue weighted by molar-refractivity contribution is 8.00. The van der Waals surface area contributed by atoms with E-state index in [1.165, 1.54) is 0 Å². The summed E-state index contributed by atoms with van der Waals surface area (Å²) in [7, 11) is 1.81. The van der Waals surface area contributed by atoms with Crippen LogP contribution in [-0.2, 0) is 14.3 Å². The van der Waals surface area contributed by atoms with Crippen LogP contribution in [0.15, 0.2) is 4.99 Å². The van der Waals surface area contributed by atoms with Crippen LogP contribution >= 0.6 is 11.8 Å². The Morgan fingerprint density at radius 3 is 2.52 bits per heavy atom. The molecular weight excluding hydrogens is 338 g/mol. The predicted molar refractivity (Wildman–Crippen MR) is 103 cm³/mol. The SMILES string of the molecule is CCOC(=O)C1CCC(NC(=NC)NCC2(SC)CCOCC2)CC1. The molecular formula is C18H33N3O3S. The molecule has 1 saturated heterocycles. The van der Waals surface area contributed by atoms with Gasteiger partial charge in [-0.1, -0.05) is 0 Å². The van der Waals surface area contributed by atoms with Crippen LogP contribution in [0.3, 0.4) is 0 Å². The number of esters is 1. The molecule has 2 fully saturated rings. The van der Waals surface area contributed by atoms with Crippen molar-refractivity contribution in [1.82, 2.24) is 10.6 Å². The van der Waals surface area contributed by atoms with E-state index in [2.05, 4.69) is 21.9 Å². The molecule has 0 aromatic rings. The van der Waals surface area contributed by atoms with E-state index in [-0.39, 0.29) is 16.6 Å². The standard InChI is InChI=1S/C18H33N3O3S/c1-4-24-16(22)14-5-7-15(8-6-14)21-17(19-2)20-13-18(25-3)9-11-23-12-10-18/h14-15H,4-13H2,1-3H3,(H2,19,20,21). The molecule has 0 bridgehead atoms. The number of rotatable bonds is 6. The second kappa shape index (κ2) is 10.3. The summed E-state index contributed by atoms with van der Waals surface area (Å²) in [5.41, 5.74) is 0. The Hall–Kier alpha value is -0.950. The molecule has 0 aromatic carbocycles. The van der Waals surface area contributed by atoms with E-state index in [0.29, 0.717) is 12.6 Å². The van der Waals surface area contributed by atoms with Gasteiger partial charge in [0.05, 0.1) is 12.5 Å². The summed E-state index contributed by atoms with van der Waals surface area (Å²) in [5.74, 6) is 0.888. The predicted octanol–water partition coefficient (Wildman–Crippen LogP) is 2.19. The van der Waals surface area contributed by atoms with Crippen molar-refractivity contribution in [3.8, 4) is 0 Å². The van der Waals surface area contributed by atoms with Crippen LogP contribution < -0.4 is 10.6 Å². The number of aliphatic imine (C=N–C) groups is 1. The first-order chi connectivity index (χ1) is 12.1. The molecule has 6 nitrogen and oxygen atoms in total. The molecule has 1 aliphatic heterocycles. The molecule has 1 heterocycles. The topological polar surface area (TPSA) is 72.0 Å². The lowest BCUT2D eigenvalue weighted by Crippen LogP contribution is -2.50. The number of ether oxygens (including phenoxy) is 2. The average molecular weight is 372 g/mol. The third-order valence-corrected chi connectivity index (χ3v) is 6.75. The minimum atomic E-state index is -0.0371. The number of nitrogens with zero attached hydrogens (tertiary/aromatic N) is 1. The molecule has 2 rings (SSSR count). The van der Waals surface area contributed by atoms with Gasteiger partial charge in [0.15, 0.2) is 5.96 Å². The van der Waals surface area contributed by atoms with Crippen molar-refractivity contribution in [3.05, 3.63) is 0 Å². The fourth-order valence-corrected chi connectivity index (χ4v) is 4.35. The van der Waals surface area contributed by atoms with E-state index in [1.54, 1.807) is 0 Å². The zero-order chi connectivity index (χ0) is 18.1. The zero-order valence-electron chi connectivity index (χ0n) is 15.8. The Morgan fingerprint density at radius 1 is 1.28 bits per heavy atom. The summed E-state index contributed by atoms with van der Waals surface area (Å²) in [6, 6.07) is 0.372. The van der Waals surface area contributed by atoms with Gasteiger partial charge in [0.1, 0.15) is 0 Å². The first-order valence-electron chi connectivity index (χ1n) is 9.39. The van der Waals surface area contributed by atoms with Gasteiger partial charge in [-0.15, -0.1) is 0 Å². The van der Waals surface area contributed by atoms with E-state index >= 15 is 0 Å². The highest BCUT2D eigenvalue weighted by Crippen LogP contribution is 2.33. The number of nitrogens with one attached hydrogen (secondary N) is 2. The molecule has 1 saturated carbocycles. The van der Waals surface area contributed by atoms with E-state index in [0.717, 1.165) is 64.2 Å². The smallest absolute Gasteiger partial charge is 0.308 e. The lowest BCUT2D eigenvalue weighted by atomic mass is 9.86. The molecule has 0 aromatic heterocycles. The number of thioether (sulfide) groups is 1. The van der Waals surface area contributed by atoms with E-state index in [1.807, 2.05) is 25.7 Å². The van der Waals surface area contributed by atoms with Crippen molar-refractivity contribution in [1.29, 1.82) is 0 Å². The number of hydrogen-bond acceptors (Lipinski definition) is 5. The zero-order valence-corrected chi connectivity index (χ0v) is 16.6. The van der Waals surface area contributed by atoms with Crippen molar-refractivity contribution in [2.45, 2.75) is 56.2 Å². The van der Waals surface area contributed by atoms with Gasteiger partial charge in [0.2, 0.25) is 0 Å². The van der Waals surface area contributed by atoms with Gasteiger partial charge in [0, 0.05) is 37.6 Å². The fourth-order valence-electron chi connectivity index (χ4n) is 3.56. The molecule has 25 heavy (non-hydrogen) atoms. The van der Waals surface area contributed by atoms with Crippen molar-refractivity contribution in [3.63, 3.8) is 0 Å². The van der Waals surface area contributed by atoms with Crippen molar-refractivity contribution in [2.75, 3.05) is 39.7 Å². The molecule has 0 atom stereocenters. The van der Waals surface area contributed by atoms with Crippen molar-refractivity contribution < 1.29 is 14.3 Å².